The van der Waals surface area contributed by atoms with Gasteiger partial charge in [0.15, 0.2) is 5.11 Å². The summed E-state index contributed by atoms with van der Waals surface area (Å²) >= 11 is 17.2. The predicted octanol–water partition coefficient (Wildman–Crippen LogP) is 2.85. The van der Waals surface area contributed by atoms with Crippen LogP contribution >= 0.6 is 35.4 Å². The summed E-state index contributed by atoms with van der Waals surface area (Å²) in [5.74, 6) is 0.105. The fourth-order valence-electron chi connectivity index (χ4n) is 2.00. The number of thiocarbonyl (C=S) groups is 1. The van der Waals surface area contributed by atoms with Gasteiger partial charge < -0.3 is 15.1 Å². The van der Waals surface area contributed by atoms with E-state index in [1.54, 1.807) is 19.1 Å². The lowest BCUT2D eigenvalue weighted by Crippen LogP contribution is -2.51. The van der Waals surface area contributed by atoms with E-state index in [2.05, 4.69) is 5.32 Å². The van der Waals surface area contributed by atoms with Crippen LogP contribution in [-0.2, 0) is 4.79 Å². The molecule has 0 radical (unpaired) electrons. The Bertz CT molecular complexity index is 530. The molecule has 0 aromatic heterocycles. The second-order valence-corrected chi connectivity index (χ2v) is 5.75. The molecule has 20 heavy (non-hydrogen) atoms. The normalized spacial score (nSPS) is 15.2. The molecule has 1 aromatic rings. The molecule has 1 saturated heterocycles. The molecule has 7 heteroatoms. The van der Waals surface area contributed by atoms with Crippen LogP contribution in [0.4, 0.5) is 5.69 Å². The summed E-state index contributed by atoms with van der Waals surface area (Å²) in [6.07, 6.45) is 0. The quantitative estimate of drug-likeness (QED) is 0.802. The average Bonchev–Trinajstić information content (AvgIpc) is 2.43. The van der Waals surface area contributed by atoms with E-state index in [0.717, 1.165) is 18.8 Å². The van der Waals surface area contributed by atoms with E-state index < -0.39 is 0 Å². The Balaban J connectivity index is 1.92. The summed E-state index contributed by atoms with van der Waals surface area (Å²) in [5, 5.41) is 4.76. The van der Waals surface area contributed by atoms with Crippen molar-refractivity contribution >= 4 is 52.1 Å². The summed E-state index contributed by atoms with van der Waals surface area (Å²) < 4.78 is 0. The zero-order valence-electron chi connectivity index (χ0n) is 11.0. The number of carbonyl (C=O) groups excluding carboxylic acids is 1. The molecule has 0 aliphatic carbocycles. The molecule has 1 heterocycles. The average molecular weight is 332 g/mol. The third-order valence-electron chi connectivity index (χ3n) is 3.18. The third-order valence-corrected chi connectivity index (χ3v) is 4.28. The molecule has 108 valence electrons. The number of nitrogens with zero attached hydrogens (tertiary/aromatic N) is 2. The molecule has 1 aromatic carbocycles. The number of anilines is 1. The number of benzene rings is 1. The number of hydrogen-bond acceptors (Lipinski definition) is 2. The van der Waals surface area contributed by atoms with Crippen LogP contribution in [0.5, 0.6) is 0 Å². The molecule has 0 unspecified atom stereocenters. The first-order valence-electron chi connectivity index (χ1n) is 6.24. The molecule has 1 aliphatic heterocycles. The Morgan fingerprint density at radius 2 is 1.75 bits per heavy atom. The summed E-state index contributed by atoms with van der Waals surface area (Å²) in [5.41, 5.74) is 0.804. The van der Waals surface area contributed by atoms with Crippen LogP contribution < -0.4 is 5.32 Å². The van der Waals surface area contributed by atoms with Crippen LogP contribution in [0.1, 0.15) is 6.92 Å². The summed E-state index contributed by atoms with van der Waals surface area (Å²) in [6, 6.07) is 5.29. The van der Waals surface area contributed by atoms with Gasteiger partial charge in [0.1, 0.15) is 0 Å². The van der Waals surface area contributed by atoms with Crippen molar-refractivity contribution < 1.29 is 4.79 Å². The summed E-state index contributed by atoms with van der Waals surface area (Å²) in [4.78, 5) is 15.1. The Hall–Kier alpha value is -1.04. The SMILES string of the molecule is CC(=O)N1CCN(C(=S)Nc2ccc(Cl)c(Cl)c2)CC1. The number of hydrogen-bond donors (Lipinski definition) is 1. The Morgan fingerprint density at radius 1 is 1.15 bits per heavy atom. The minimum Gasteiger partial charge on any atom is -0.345 e. The van der Waals surface area contributed by atoms with Crippen molar-refractivity contribution in [2.24, 2.45) is 0 Å². The lowest BCUT2D eigenvalue weighted by molar-refractivity contribution is -0.130. The number of nitrogens with one attached hydrogen (secondary N) is 1. The van der Waals surface area contributed by atoms with Crippen molar-refractivity contribution in [1.29, 1.82) is 0 Å². The van der Waals surface area contributed by atoms with Gasteiger partial charge in [-0.25, -0.2) is 0 Å². The van der Waals surface area contributed by atoms with Gasteiger partial charge in [-0.1, -0.05) is 23.2 Å². The number of rotatable bonds is 1. The lowest BCUT2D eigenvalue weighted by Gasteiger charge is -2.35. The topological polar surface area (TPSA) is 35.6 Å². The predicted molar refractivity (Wildman–Crippen MR) is 86.5 cm³/mol. The monoisotopic (exact) mass is 331 g/mol. The number of carbonyl (C=O) groups is 1. The van der Waals surface area contributed by atoms with Gasteiger partial charge in [0.05, 0.1) is 10.0 Å². The molecule has 1 aliphatic rings. The van der Waals surface area contributed by atoms with Gasteiger partial charge in [0, 0.05) is 38.8 Å². The Labute approximate surface area is 133 Å². The van der Waals surface area contributed by atoms with Crippen molar-refractivity contribution in [3.63, 3.8) is 0 Å². The minimum atomic E-state index is 0.105. The van der Waals surface area contributed by atoms with Gasteiger partial charge in [-0.3, -0.25) is 4.79 Å². The molecule has 1 fully saturated rings. The van der Waals surface area contributed by atoms with Crippen LogP contribution in [0.15, 0.2) is 18.2 Å². The van der Waals surface area contributed by atoms with Crippen LogP contribution in [-0.4, -0.2) is 47.0 Å². The van der Waals surface area contributed by atoms with Crippen molar-refractivity contribution in [3.8, 4) is 0 Å². The van der Waals surface area contributed by atoms with Crippen LogP contribution in [0, 0.1) is 0 Å². The molecule has 0 bridgehead atoms. The van der Waals surface area contributed by atoms with Gasteiger partial charge >= 0.3 is 0 Å². The highest BCUT2D eigenvalue weighted by molar-refractivity contribution is 7.80. The molecule has 1 amide bonds. The van der Waals surface area contributed by atoms with E-state index >= 15 is 0 Å². The van der Waals surface area contributed by atoms with Crippen molar-refractivity contribution in [3.05, 3.63) is 28.2 Å². The van der Waals surface area contributed by atoms with Crippen LogP contribution in [0.2, 0.25) is 10.0 Å². The molecule has 4 nitrogen and oxygen atoms in total. The summed E-state index contributed by atoms with van der Waals surface area (Å²) in [6.45, 7) is 4.43. The molecule has 2 rings (SSSR count). The number of piperazine rings is 1. The highest BCUT2D eigenvalue weighted by Gasteiger charge is 2.20. The molecule has 0 spiro atoms. The van der Waals surface area contributed by atoms with Gasteiger partial charge in [-0.05, 0) is 30.4 Å². The molecular formula is C13H15Cl2N3OS. The van der Waals surface area contributed by atoms with Crippen LogP contribution in [0.25, 0.3) is 0 Å². The second kappa shape index (κ2) is 6.61. The Morgan fingerprint density at radius 3 is 2.30 bits per heavy atom. The first-order chi connectivity index (χ1) is 9.47. The highest BCUT2D eigenvalue weighted by atomic mass is 35.5. The third kappa shape index (κ3) is 3.75. The minimum absolute atomic E-state index is 0.105. The van der Waals surface area contributed by atoms with E-state index in [1.807, 2.05) is 15.9 Å². The standard InChI is InChI=1S/C13H15Cl2N3OS/c1-9(19)17-4-6-18(7-5-17)13(20)16-10-2-3-11(14)12(15)8-10/h2-3,8H,4-7H2,1H3,(H,16,20). The Kier molecular flexibility index (Phi) is 5.07. The van der Waals surface area contributed by atoms with Crippen molar-refractivity contribution in [2.75, 3.05) is 31.5 Å². The zero-order valence-corrected chi connectivity index (χ0v) is 13.4. The molecule has 0 atom stereocenters. The fraction of sp³-hybridized carbons (Fsp3) is 0.385. The highest BCUT2D eigenvalue weighted by Crippen LogP contribution is 2.25. The van der Waals surface area contributed by atoms with Gasteiger partial charge in [-0.15, -0.1) is 0 Å². The van der Waals surface area contributed by atoms with Crippen molar-refractivity contribution in [1.82, 2.24) is 9.80 Å². The van der Waals surface area contributed by atoms with E-state index in [0.29, 0.717) is 28.2 Å². The number of halogens is 2. The second-order valence-electron chi connectivity index (χ2n) is 4.55. The first kappa shape index (κ1) is 15.4. The maximum Gasteiger partial charge on any atom is 0.219 e. The van der Waals surface area contributed by atoms with Gasteiger partial charge in [0.25, 0.3) is 0 Å². The largest absolute Gasteiger partial charge is 0.345 e. The van der Waals surface area contributed by atoms with E-state index in [9.17, 15) is 4.79 Å². The number of amides is 1. The fourth-order valence-corrected chi connectivity index (χ4v) is 2.60. The molecular weight excluding hydrogens is 317 g/mol. The van der Waals surface area contributed by atoms with Crippen LogP contribution in [0.3, 0.4) is 0 Å². The van der Waals surface area contributed by atoms with Gasteiger partial charge in [0.2, 0.25) is 5.91 Å². The van der Waals surface area contributed by atoms with Crippen molar-refractivity contribution in [2.45, 2.75) is 6.92 Å². The zero-order chi connectivity index (χ0) is 14.7. The van der Waals surface area contributed by atoms with E-state index in [1.165, 1.54) is 0 Å². The lowest BCUT2D eigenvalue weighted by atomic mass is 10.3. The summed E-state index contributed by atoms with van der Waals surface area (Å²) in [7, 11) is 0. The van der Waals surface area contributed by atoms with E-state index in [4.69, 9.17) is 35.4 Å². The maximum atomic E-state index is 11.3. The van der Waals surface area contributed by atoms with E-state index in [-0.39, 0.29) is 5.91 Å². The van der Waals surface area contributed by atoms with Gasteiger partial charge in [-0.2, -0.15) is 0 Å². The molecule has 0 saturated carbocycles. The smallest absolute Gasteiger partial charge is 0.219 e. The maximum absolute atomic E-state index is 11.3. The molecule has 1 N–H and O–H groups in total. The first-order valence-corrected chi connectivity index (χ1v) is 7.40.